The molecule has 0 aliphatic rings. The molecule has 4 nitrogen and oxygen atoms in total. The molecule has 0 atom stereocenters. The lowest BCUT2D eigenvalue weighted by Gasteiger charge is -2.09. The molecule has 1 aromatic rings. The summed E-state index contributed by atoms with van der Waals surface area (Å²) >= 11 is 0. The molecule has 2 N–H and O–H groups in total. The van der Waals surface area contributed by atoms with Gasteiger partial charge in [0.15, 0.2) is 11.5 Å². The van der Waals surface area contributed by atoms with E-state index in [-0.39, 0.29) is 12.4 Å². The Labute approximate surface area is 76.3 Å². The van der Waals surface area contributed by atoms with E-state index in [1.165, 1.54) is 14.2 Å². The Morgan fingerprint density at radius 2 is 1.62 bits per heavy atom. The quantitative estimate of drug-likeness (QED) is 0.732. The molecular formula is C9H12O4. The lowest BCUT2D eigenvalue weighted by molar-refractivity contribution is 0.278. The van der Waals surface area contributed by atoms with Crippen LogP contribution in [0.2, 0.25) is 0 Å². The normalized spacial score (nSPS) is 9.77. The highest BCUT2D eigenvalue weighted by Crippen LogP contribution is 2.36. The highest BCUT2D eigenvalue weighted by atomic mass is 16.5. The van der Waals surface area contributed by atoms with E-state index in [1.807, 2.05) is 0 Å². The lowest BCUT2D eigenvalue weighted by Crippen LogP contribution is -1.92. The van der Waals surface area contributed by atoms with E-state index >= 15 is 0 Å². The Balaban J connectivity index is 3.20. The number of aliphatic hydroxyl groups excluding tert-OH is 1. The van der Waals surface area contributed by atoms with E-state index < -0.39 is 0 Å². The number of hydrogen-bond acceptors (Lipinski definition) is 4. The molecule has 0 saturated carbocycles. The molecule has 0 spiro atoms. The number of rotatable bonds is 3. The maximum absolute atomic E-state index is 9.48. The summed E-state index contributed by atoms with van der Waals surface area (Å²) in [5.41, 5.74) is 0.631. The predicted molar refractivity (Wildman–Crippen MR) is 47.1 cm³/mol. The first kappa shape index (κ1) is 9.67. The van der Waals surface area contributed by atoms with Gasteiger partial charge in [-0.3, -0.25) is 0 Å². The van der Waals surface area contributed by atoms with Gasteiger partial charge >= 0.3 is 0 Å². The maximum Gasteiger partial charge on any atom is 0.200 e. The van der Waals surface area contributed by atoms with E-state index in [2.05, 4.69) is 0 Å². The van der Waals surface area contributed by atoms with Crippen LogP contribution in [0.3, 0.4) is 0 Å². The van der Waals surface area contributed by atoms with Gasteiger partial charge in [-0.25, -0.2) is 0 Å². The zero-order valence-electron chi connectivity index (χ0n) is 7.57. The fourth-order valence-corrected chi connectivity index (χ4v) is 1.04. The lowest BCUT2D eigenvalue weighted by atomic mass is 10.2. The zero-order valence-corrected chi connectivity index (χ0v) is 7.57. The number of benzene rings is 1. The largest absolute Gasteiger partial charge is 0.502 e. The van der Waals surface area contributed by atoms with Crippen LogP contribution in [0.5, 0.6) is 17.2 Å². The van der Waals surface area contributed by atoms with Gasteiger partial charge in [-0.1, -0.05) is 0 Å². The Kier molecular flexibility index (Phi) is 2.97. The summed E-state index contributed by atoms with van der Waals surface area (Å²) in [4.78, 5) is 0. The van der Waals surface area contributed by atoms with Crippen molar-refractivity contribution >= 4 is 0 Å². The van der Waals surface area contributed by atoms with E-state index in [0.29, 0.717) is 17.1 Å². The summed E-state index contributed by atoms with van der Waals surface area (Å²) in [5.74, 6) is 0.536. The first-order valence-electron chi connectivity index (χ1n) is 3.77. The number of phenols is 1. The molecule has 0 fully saturated rings. The van der Waals surface area contributed by atoms with Crippen LogP contribution in [-0.4, -0.2) is 24.4 Å². The minimum Gasteiger partial charge on any atom is -0.502 e. The SMILES string of the molecule is COc1cc(CO)cc(OC)c1O. The first-order chi connectivity index (χ1) is 6.22. The first-order valence-corrected chi connectivity index (χ1v) is 3.77. The topological polar surface area (TPSA) is 58.9 Å². The van der Waals surface area contributed by atoms with Crippen molar-refractivity contribution in [2.75, 3.05) is 14.2 Å². The molecule has 72 valence electrons. The van der Waals surface area contributed by atoms with Crippen LogP contribution >= 0.6 is 0 Å². The third-order valence-electron chi connectivity index (χ3n) is 1.72. The standard InChI is InChI=1S/C9H12O4/c1-12-7-3-6(5-10)4-8(13-2)9(7)11/h3-4,10-11H,5H2,1-2H3. The van der Waals surface area contributed by atoms with Crippen LogP contribution in [-0.2, 0) is 6.61 Å². The van der Waals surface area contributed by atoms with Crippen molar-refractivity contribution in [3.8, 4) is 17.2 Å². The van der Waals surface area contributed by atoms with Gasteiger partial charge in [-0.15, -0.1) is 0 Å². The van der Waals surface area contributed by atoms with Gasteiger partial charge in [0, 0.05) is 0 Å². The number of aliphatic hydroxyl groups is 1. The summed E-state index contributed by atoms with van der Waals surface area (Å²) < 4.78 is 9.78. The molecule has 0 radical (unpaired) electrons. The van der Waals surface area contributed by atoms with Gasteiger partial charge in [0.1, 0.15) is 0 Å². The molecule has 0 bridgehead atoms. The van der Waals surface area contributed by atoms with Gasteiger partial charge in [0.05, 0.1) is 20.8 Å². The summed E-state index contributed by atoms with van der Waals surface area (Å²) in [7, 11) is 2.88. The average molecular weight is 184 g/mol. The minimum atomic E-state index is -0.118. The molecule has 0 aromatic heterocycles. The summed E-state index contributed by atoms with van der Waals surface area (Å²) in [6.07, 6.45) is 0. The molecule has 0 aliphatic carbocycles. The Morgan fingerprint density at radius 1 is 1.15 bits per heavy atom. The van der Waals surface area contributed by atoms with E-state index in [9.17, 15) is 5.11 Å². The van der Waals surface area contributed by atoms with E-state index in [1.54, 1.807) is 12.1 Å². The van der Waals surface area contributed by atoms with Gasteiger partial charge in [-0.2, -0.15) is 0 Å². The second kappa shape index (κ2) is 4.00. The fourth-order valence-electron chi connectivity index (χ4n) is 1.04. The van der Waals surface area contributed by atoms with Crippen LogP contribution in [0, 0.1) is 0 Å². The Hall–Kier alpha value is -1.42. The molecule has 0 saturated heterocycles. The van der Waals surface area contributed by atoms with Crippen LogP contribution in [0.1, 0.15) is 5.56 Å². The molecule has 4 heteroatoms. The van der Waals surface area contributed by atoms with Gasteiger partial charge in [0.25, 0.3) is 0 Å². The number of methoxy groups -OCH3 is 2. The van der Waals surface area contributed by atoms with Crippen LogP contribution in [0.4, 0.5) is 0 Å². The predicted octanol–water partition coefficient (Wildman–Crippen LogP) is 0.902. The average Bonchev–Trinajstić information content (AvgIpc) is 2.18. The Bertz CT molecular complexity index is 271. The highest BCUT2D eigenvalue weighted by Gasteiger charge is 2.10. The Morgan fingerprint density at radius 3 is 1.92 bits per heavy atom. The van der Waals surface area contributed by atoms with Crippen molar-refractivity contribution in [2.45, 2.75) is 6.61 Å². The molecule has 0 unspecified atom stereocenters. The van der Waals surface area contributed by atoms with Crippen molar-refractivity contribution in [3.63, 3.8) is 0 Å². The third-order valence-corrected chi connectivity index (χ3v) is 1.72. The monoisotopic (exact) mass is 184 g/mol. The molecule has 1 aromatic carbocycles. The van der Waals surface area contributed by atoms with Crippen molar-refractivity contribution in [2.24, 2.45) is 0 Å². The zero-order chi connectivity index (χ0) is 9.84. The van der Waals surface area contributed by atoms with Gasteiger partial charge < -0.3 is 19.7 Å². The summed E-state index contributed by atoms with van der Waals surface area (Å²) in [5, 5.41) is 18.4. The van der Waals surface area contributed by atoms with Crippen molar-refractivity contribution in [1.29, 1.82) is 0 Å². The maximum atomic E-state index is 9.48. The van der Waals surface area contributed by atoms with Gasteiger partial charge in [0.2, 0.25) is 5.75 Å². The second-order valence-electron chi connectivity index (χ2n) is 2.51. The molecular weight excluding hydrogens is 172 g/mol. The van der Waals surface area contributed by atoms with E-state index in [0.717, 1.165) is 0 Å². The summed E-state index contributed by atoms with van der Waals surface area (Å²) in [6, 6.07) is 3.11. The second-order valence-corrected chi connectivity index (χ2v) is 2.51. The van der Waals surface area contributed by atoms with Gasteiger partial charge in [-0.05, 0) is 17.7 Å². The smallest absolute Gasteiger partial charge is 0.200 e. The number of aromatic hydroxyl groups is 1. The van der Waals surface area contributed by atoms with E-state index in [4.69, 9.17) is 14.6 Å². The fraction of sp³-hybridized carbons (Fsp3) is 0.333. The molecule has 0 amide bonds. The summed E-state index contributed by atoms with van der Waals surface area (Å²) in [6.45, 7) is -0.118. The van der Waals surface area contributed by atoms with Crippen molar-refractivity contribution in [3.05, 3.63) is 17.7 Å². The van der Waals surface area contributed by atoms with Crippen LogP contribution in [0.15, 0.2) is 12.1 Å². The molecule has 13 heavy (non-hydrogen) atoms. The van der Waals surface area contributed by atoms with Crippen molar-refractivity contribution < 1.29 is 19.7 Å². The molecule has 0 aliphatic heterocycles. The molecule has 0 heterocycles. The van der Waals surface area contributed by atoms with Crippen molar-refractivity contribution in [1.82, 2.24) is 0 Å². The molecule has 1 rings (SSSR count). The van der Waals surface area contributed by atoms with Crippen LogP contribution < -0.4 is 9.47 Å². The number of ether oxygens (including phenoxy) is 2. The highest BCUT2D eigenvalue weighted by molar-refractivity contribution is 5.52. The number of hydrogen-bond donors (Lipinski definition) is 2. The third kappa shape index (κ3) is 1.84. The number of phenolic OH excluding ortho intramolecular Hbond substituents is 1. The minimum absolute atomic E-state index is 0.0535. The van der Waals surface area contributed by atoms with Crippen LogP contribution in [0.25, 0.3) is 0 Å².